The Morgan fingerprint density at radius 2 is 2.04 bits per heavy atom. The fraction of sp³-hybridized carbons (Fsp3) is 0.0556. The maximum absolute atomic E-state index is 12.5. The van der Waals surface area contributed by atoms with E-state index in [9.17, 15) is 4.79 Å². The first-order chi connectivity index (χ1) is 12.2. The topological polar surface area (TPSA) is 75.1 Å². The summed E-state index contributed by atoms with van der Waals surface area (Å²) in [6.45, 7) is 0.339. The number of nitrogens with zero attached hydrogens (tertiary/aromatic N) is 3. The summed E-state index contributed by atoms with van der Waals surface area (Å²) in [6, 6.07) is 13.0. The SMILES string of the molecule is O=C(NCc1cn2ccccc2n1)c1cn[nH]c1-c1ccc(Cl)cc1. The molecule has 25 heavy (non-hydrogen) atoms. The number of carbonyl (C=O) groups excluding carboxylic acids is 1. The predicted molar refractivity (Wildman–Crippen MR) is 95.4 cm³/mol. The van der Waals surface area contributed by atoms with Gasteiger partial charge in [-0.3, -0.25) is 9.89 Å². The standard InChI is InChI=1S/C18H14ClN5O/c19-13-6-4-12(5-7-13)17-15(10-21-23-17)18(25)20-9-14-11-24-8-2-1-3-16(24)22-14/h1-8,10-11H,9H2,(H,20,25)(H,21,23). The summed E-state index contributed by atoms with van der Waals surface area (Å²) >= 11 is 5.91. The lowest BCUT2D eigenvalue weighted by molar-refractivity contribution is 0.0951. The number of hydrogen-bond donors (Lipinski definition) is 2. The first-order valence-corrected chi connectivity index (χ1v) is 8.08. The smallest absolute Gasteiger partial charge is 0.255 e. The molecule has 0 aliphatic carbocycles. The van der Waals surface area contributed by atoms with E-state index in [1.54, 1.807) is 12.1 Å². The third-order valence-electron chi connectivity index (χ3n) is 3.86. The number of nitrogens with one attached hydrogen (secondary N) is 2. The average molecular weight is 352 g/mol. The number of pyridine rings is 1. The number of carbonyl (C=O) groups is 1. The zero-order valence-electron chi connectivity index (χ0n) is 13.1. The van der Waals surface area contributed by atoms with Gasteiger partial charge in [0.05, 0.1) is 29.7 Å². The molecule has 0 bridgehead atoms. The van der Waals surface area contributed by atoms with Gasteiger partial charge in [0.15, 0.2) is 0 Å². The van der Waals surface area contributed by atoms with Gasteiger partial charge in [0.1, 0.15) is 5.65 Å². The molecule has 0 unspecified atom stereocenters. The van der Waals surface area contributed by atoms with Crippen LogP contribution in [-0.2, 0) is 6.54 Å². The number of aromatic amines is 1. The molecule has 3 aromatic heterocycles. The summed E-state index contributed by atoms with van der Waals surface area (Å²) < 4.78 is 1.92. The zero-order chi connectivity index (χ0) is 17.2. The number of halogens is 1. The molecule has 0 saturated carbocycles. The number of benzene rings is 1. The highest BCUT2D eigenvalue weighted by Gasteiger charge is 2.15. The number of imidazole rings is 1. The Morgan fingerprint density at radius 1 is 1.20 bits per heavy atom. The van der Waals surface area contributed by atoms with Gasteiger partial charge < -0.3 is 9.72 Å². The van der Waals surface area contributed by atoms with Crippen LogP contribution in [0.15, 0.2) is 61.1 Å². The van der Waals surface area contributed by atoms with Crippen molar-refractivity contribution >= 4 is 23.2 Å². The Balaban J connectivity index is 1.52. The Labute approximate surface area is 148 Å². The first kappa shape index (κ1) is 15.4. The second kappa shape index (κ2) is 6.41. The van der Waals surface area contributed by atoms with Crippen LogP contribution in [0.5, 0.6) is 0 Å². The van der Waals surface area contributed by atoms with Gasteiger partial charge in [-0.25, -0.2) is 4.98 Å². The lowest BCUT2D eigenvalue weighted by Gasteiger charge is -2.04. The van der Waals surface area contributed by atoms with E-state index in [1.807, 2.05) is 47.1 Å². The number of H-pyrrole nitrogens is 1. The highest BCUT2D eigenvalue weighted by atomic mass is 35.5. The van der Waals surface area contributed by atoms with E-state index < -0.39 is 0 Å². The summed E-state index contributed by atoms with van der Waals surface area (Å²) in [7, 11) is 0. The van der Waals surface area contributed by atoms with Gasteiger partial charge >= 0.3 is 0 Å². The molecule has 0 radical (unpaired) electrons. The molecular weight excluding hydrogens is 338 g/mol. The van der Waals surface area contributed by atoms with Crippen LogP contribution in [0.25, 0.3) is 16.9 Å². The lowest BCUT2D eigenvalue weighted by Crippen LogP contribution is -2.23. The Hall–Kier alpha value is -3.12. The Morgan fingerprint density at radius 3 is 2.84 bits per heavy atom. The van der Waals surface area contributed by atoms with Crippen molar-refractivity contribution in [2.75, 3.05) is 0 Å². The number of aromatic nitrogens is 4. The molecule has 0 fully saturated rings. The van der Waals surface area contributed by atoms with Gasteiger partial charge in [-0.1, -0.05) is 29.8 Å². The number of rotatable bonds is 4. The van der Waals surface area contributed by atoms with Crippen LogP contribution in [-0.4, -0.2) is 25.5 Å². The third kappa shape index (κ3) is 3.12. The monoisotopic (exact) mass is 351 g/mol. The van der Waals surface area contributed by atoms with E-state index in [-0.39, 0.29) is 5.91 Å². The van der Waals surface area contributed by atoms with E-state index in [4.69, 9.17) is 11.6 Å². The minimum Gasteiger partial charge on any atom is -0.346 e. The average Bonchev–Trinajstić information content (AvgIpc) is 3.27. The Kier molecular flexibility index (Phi) is 3.95. The molecule has 0 spiro atoms. The fourth-order valence-electron chi connectivity index (χ4n) is 2.63. The molecule has 124 valence electrons. The molecule has 0 atom stereocenters. The van der Waals surface area contributed by atoms with E-state index in [2.05, 4.69) is 20.5 Å². The molecule has 4 rings (SSSR count). The van der Waals surface area contributed by atoms with Crippen LogP contribution in [0, 0.1) is 0 Å². The largest absolute Gasteiger partial charge is 0.346 e. The van der Waals surface area contributed by atoms with Crippen molar-refractivity contribution in [1.29, 1.82) is 0 Å². The van der Waals surface area contributed by atoms with Crippen LogP contribution in [0.3, 0.4) is 0 Å². The number of fused-ring (bicyclic) bond motifs is 1. The molecule has 0 saturated heterocycles. The van der Waals surface area contributed by atoms with Gasteiger partial charge in [0.2, 0.25) is 0 Å². The van der Waals surface area contributed by atoms with Gasteiger partial charge in [0, 0.05) is 23.0 Å². The lowest BCUT2D eigenvalue weighted by atomic mass is 10.1. The first-order valence-electron chi connectivity index (χ1n) is 7.71. The molecule has 1 amide bonds. The normalized spacial score (nSPS) is 10.9. The van der Waals surface area contributed by atoms with E-state index in [1.165, 1.54) is 6.20 Å². The second-order valence-electron chi connectivity index (χ2n) is 5.55. The predicted octanol–water partition coefficient (Wildman–Crippen LogP) is 3.31. The van der Waals surface area contributed by atoms with Crippen molar-refractivity contribution in [3.05, 3.63) is 77.3 Å². The van der Waals surface area contributed by atoms with E-state index in [0.29, 0.717) is 22.8 Å². The molecular formula is C18H14ClN5O. The Bertz CT molecular complexity index is 1000. The number of hydrogen-bond acceptors (Lipinski definition) is 3. The van der Waals surface area contributed by atoms with Crippen molar-refractivity contribution < 1.29 is 4.79 Å². The second-order valence-corrected chi connectivity index (χ2v) is 5.98. The van der Waals surface area contributed by atoms with Crippen LogP contribution < -0.4 is 5.32 Å². The summed E-state index contributed by atoms with van der Waals surface area (Å²) in [5, 5.41) is 10.4. The van der Waals surface area contributed by atoms with Gasteiger partial charge in [-0.2, -0.15) is 5.10 Å². The number of amides is 1. The maximum atomic E-state index is 12.5. The molecule has 3 heterocycles. The van der Waals surface area contributed by atoms with Crippen LogP contribution in [0.2, 0.25) is 5.02 Å². The summed E-state index contributed by atoms with van der Waals surface area (Å²) in [6.07, 6.45) is 5.33. The molecule has 4 aromatic rings. The minimum absolute atomic E-state index is 0.212. The van der Waals surface area contributed by atoms with E-state index in [0.717, 1.165) is 16.9 Å². The molecule has 0 aliphatic rings. The third-order valence-corrected chi connectivity index (χ3v) is 4.11. The fourth-order valence-corrected chi connectivity index (χ4v) is 2.76. The van der Waals surface area contributed by atoms with E-state index >= 15 is 0 Å². The van der Waals surface area contributed by atoms with Crippen molar-refractivity contribution in [2.24, 2.45) is 0 Å². The molecule has 6 nitrogen and oxygen atoms in total. The van der Waals surface area contributed by atoms with Gasteiger partial charge in [0.25, 0.3) is 5.91 Å². The zero-order valence-corrected chi connectivity index (χ0v) is 13.9. The van der Waals surface area contributed by atoms with Gasteiger partial charge in [-0.15, -0.1) is 0 Å². The summed E-state index contributed by atoms with van der Waals surface area (Å²) in [4.78, 5) is 17.0. The highest BCUT2D eigenvalue weighted by Crippen LogP contribution is 2.23. The van der Waals surface area contributed by atoms with Crippen molar-refractivity contribution in [3.63, 3.8) is 0 Å². The van der Waals surface area contributed by atoms with Crippen LogP contribution in [0.4, 0.5) is 0 Å². The molecule has 2 N–H and O–H groups in total. The molecule has 1 aromatic carbocycles. The van der Waals surface area contributed by atoms with Crippen molar-refractivity contribution in [2.45, 2.75) is 6.54 Å². The molecule has 0 aliphatic heterocycles. The van der Waals surface area contributed by atoms with Crippen LogP contribution in [0.1, 0.15) is 16.1 Å². The summed E-state index contributed by atoms with van der Waals surface area (Å²) in [5.74, 6) is -0.212. The molecule has 7 heteroatoms. The quantitative estimate of drug-likeness (QED) is 0.592. The van der Waals surface area contributed by atoms with Crippen LogP contribution >= 0.6 is 11.6 Å². The minimum atomic E-state index is -0.212. The van der Waals surface area contributed by atoms with Gasteiger partial charge in [-0.05, 0) is 24.3 Å². The summed E-state index contributed by atoms with van der Waals surface area (Å²) in [5.41, 5.74) is 3.61. The van der Waals surface area contributed by atoms with Crippen molar-refractivity contribution in [3.8, 4) is 11.3 Å². The maximum Gasteiger partial charge on any atom is 0.255 e. The van der Waals surface area contributed by atoms with Crippen molar-refractivity contribution in [1.82, 2.24) is 24.9 Å². The highest BCUT2D eigenvalue weighted by molar-refractivity contribution is 6.30.